The molecule has 5 aliphatic carbocycles. The fraction of sp³-hybridized carbons (Fsp3) is 0.283. The van der Waals surface area contributed by atoms with Gasteiger partial charge in [-0.05, 0) is 99.8 Å². The van der Waals surface area contributed by atoms with Crippen LogP contribution in [0, 0.1) is 35.5 Å². The molecule has 0 radical (unpaired) electrons. The summed E-state index contributed by atoms with van der Waals surface area (Å²) in [6, 6.07) is 32.2. The number of hydrogen-bond acceptors (Lipinski definition) is 4. The van der Waals surface area contributed by atoms with Gasteiger partial charge in [-0.3, -0.25) is 14.4 Å². The second kappa shape index (κ2) is 13.3. The second-order valence-electron chi connectivity index (χ2n) is 14.6. The highest BCUT2D eigenvalue weighted by molar-refractivity contribution is 6.41. The molecule has 4 nitrogen and oxygen atoms in total. The van der Waals surface area contributed by atoms with Crippen molar-refractivity contribution >= 4 is 17.5 Å². The lowest BCUT2D eigenvalue weighted by Crippen LogP contribution is -2.30. The summed E-state index contributed by atoms with van der Waals surface area (Å²) in [7, 11) is 0. The molecule has 6 unspecified atom stereocenters. The molecule has 250 valence electrons. The average Bonchev–Trinajstić information content (AvgIpc) is 4.00. The van der Waals surface area contributed by atoms with Crippen molar-refractivity contribution in [2.75, 3.05) is 6.61 Å². The van der Waals surface area contributed by atoms with Crippen LogP contribution < -0.4 is 0 Å². The van der Waals surface area contributed by atoms with Crippen LogP contribution in [0.5, 0.6) is 0 Å². The Balaban J connectivity index is 0.000000145. The highest BCUT2D eigenvalue weighted by Crippen LogP contribution is 2.49. The molecule has 2 fully saturated rings. The van der Waals surface area contributed by atoms with Gasteiger partial charge in [-0.2, -0.15) is 0 Å². The smallest absolute Gasteiger partial charge is 0.317 e. The van der Waals surface area contributed by atoms with Crippen LogP contribution in [0.4, 0.5) is 0 Å². The normalized spacial score (nSPS) is 25.1. The lowest BCUT2D eigenvalue weighted by molar-refractivity contribution is -0.146. The molecule has 0 amide bonds. The average molecular weight is 659 g/mol. The van der Waals surface area contributed by atoms with Crippen molar-refractivity contribution in [3.63, 3.8) is 0 Å². The van der Waals surface area contributed by atoms with Crippen LogP contribution in [0.2, 0.25) is 0 Å². The number of esters is 1. The highest BCUT2D eigenvalue weighted by atomic mass is 16.5. The van der Waals surface area contributed by atoms with E-state index in [1.165, 1.54) is 0 Å². The minimum Gasteiger partial charge on any atom is -0.465 e. The fourth-order valence-electron chi connectivity index (χ4n) is 9.40. The maximum absolute atomic E-state index is 13.2. The molecule has 2 saturated carbocycles. The largest absolute Gasteiger partial charge is 0.465 e. The first-order chi connectivity index (χ1) is 24.5. The zero-order valence-corrected chi connectivity index (χ0v) is 28.2. The van der Waals surface area contributed by atoms with E-state index >= 15 is 0 Å². The van der Waals surface area contributed by atoms with Gasteiger partial charge in [0.15, 0.2) is 0 Å². The third kappa shape index (κ3) is 5.51. The predicted octanol–water partition coefficient (Wildman–Crippen LogP) is 9.51. The topological polar surface area (TPSA) is 60.4 Å². The number of hydrogen-bond donors (Lipinski definition) is 0. The number of Topliss-reactive ketones (excluding diaryl/α,β-unsaturated/α-hetero) is 2. The summed E-state index contributed by atoms with van der Waals surface area (Å²) in [6.07, 6.45) is 12.3. The minimum absolute atomic E-state index is 0.104. The van der Waals surface area contributed by atoms with Crippen LogP contribution in [0.1, 0.15) is 59.8 Å². The monoisotopic (exact) mass is 658 g/mol. The van der Waals surface area contributed by atoms with Gasteiger partial charge >= 0.3 is 5.97 Å². The van der Waals surface area contributed by atoms with E-state index in [9.17, 15) is 14.4 Å². The Hall–Kier alpha value is -5.09. The van der Waals surface area contributed by atoms with Gasteiger partial charge < -0.3 is 4.74 Å². The lowest BCUT2D eigenvalue weighted by Gasteiger charge is -2.19. The summed E-state index contributed by atoms with van der Waals surface area (Å²) >= 11 is 0. The van der Waals surface area contributed by atoms with Crippen molar-refractivity contribution in [1.82, 2.24) is 0 Å². The molecule has 6 atom stereocenters. The number of allylic oxidation sites excluding steroid dienone is 4. The van der Waals surface area contributed by atoms with Crippen molar-refractivity contribution in [2.45, 2.75) is 37.5 Å². The maximum Gasteiger partial charge on any atom is 0.317 e. The summed E-state index contributed by atoms with van der Waals surface area (Å²) in [4.78, 5) is 39.1. The zero-order valence-electron chi connectivity index (χ0n) is 28.2. The van der Waals surface area contributed by atoms with Crippen molar-refractivity contribution < 1.29 is 19.1 Å². The first-order valence-corrected chi connectivity index (χ1v) is 18.0. The number of carbonyl (C=O) groups is 3. The van der Waals surface area contributed by atoms with Crippen LogP contribution in [0.25, 0.3) is 22.3 Å². The Bertz CT molecular complexity index is 1940. The summed E-state index contributed by atoms with van der Waals surface area (Å²) in [6.45, 7) is 8.32. The molecule has 9 rings (SSSR count). The molecule has 0 spiro atoms. The fourth-order valence-corrected chi connectivity index (χ4v) is 9.40. The van der Waals surface area contributed by atoms with Crippen molar-refractivity contribution in [2.24, 2.45) is 35.5 Å². The number of ketones is 2. The van der Waals surface area contributed by atoms with E-state index in [0.717, 1.165) is 70.2 Å². The Kier molecular flexibility index (Phi) is 8.56. The summed E-state index contributed by atoms with van der Waals surface area (Å²) in [5, 5.41) is 0. The molecule has 2 bridgehead atoms. The van der Waals surface area contributed by atoms with Gasteiger partial charge in [-0.25, -0.2) is 0 Å². The van der Waals surface area contributed by atoms with E-state index < -0.39 is 5.92 Å². The van der Waals surface area contributed by atoms with Crippen LogP contribution in [0.15, 0.2) is 135 Å². The van der Waals surface area contributed by atoms with E-state index in [1.807, 2.05) is 97.1 Å². The maximum atomic E-state index is 13.2. The van der Waals surface area contributed by atoms with Crippen molar-refractivity contribution in [1.29, 1.82) is 0 Å². The molecular formula is C46H42O4. The number of carbonyl (C=O) groups excluding carboxylic acids is 3. The van der Waals surface area contributed by atoms with Crippen LogP contribution in [-0.4, -0.2) is 24.1 Å². The highest BCUT2D eigenvalue weighted by Gasteiger charge is 2.45. The van der Waals surface area contributed by atoms with Gasteiger partial charge in [-0.1, -0.05) is 121 Å². The number of fused-ring (bicyclic) bond motifs is 8. The van der Waals surface area contributed by atoms with Gasteiger partial charge in [-0.15, -0.1) is 13.2 Å². The summed E-state index contributed by atoms with van der Waals surface area (Å²) < 4.78 is 5.83. The second-order valence-corrected chi connectivity index (χ2v) is 14.6. The van der Waals surface area contributed by atoms with E-state index in [4.69, 9.17) is 4.74 Å². The quantitative estimate of drug-likeness (QED) is 0.108. The third-order valence-electron chi connectivity index (χ3n) is 11.9. The standard InChI is InChI=1S/C24H24O2.C22H18O2/c1-3-16-13-17(4-2)18(14-16)15-26-24(25)23-21-11-7-5-9-19(21)20-10-6-8-12-22(20)23;23-21(19-12-13-9-10-14(19)11-13)22(24)20-17-7-3-1-5-15(17)16-6-2-4-8-18(16)20/h3-12,16-18,23H,1-2,13-15H2;1-10,13-14,19-20H,11-12H2. The Morgan fingerprint density at radius 1 is 0.600 bits per heavy atom. The molecule has 50 heavy (non-hydrogen) atoms. The van der Waals surface area contributed by atoms with Crippen LogP contribution in [0.3, 0.4) is 0 Å². The molecule has 4 heteroatoms. The van der Waals surface area contributed by atoms with Crippen molar-refractivity contribution in [3.05, 3.63) is 157 Å². The Morgan fingerprint density at radius 3 is 1.58 bits per heavy atom. The molecular weight excluding hydrogens is 617 g/mol. The summed E-state index contributed by atoms with van der Waals surface area (Å²) in [5.74, 6) is 0.628. The molecule has 0 N–H and O–H groups in total. The zero-order chi connectivity index (χ0) is 34.4. The van der Waals surface area contributed by atoms with Crippen LogP contribution >= 0.6 is 0 Å². The molecule has 5 aliphatic rings. The molecule has 0 aliphatic heterocycles. The van der Waals surface area contributed by atoms with E-state index in [0.29, 0.717) is 30.3 Å². The first-order valence-electron chi connectivity index (χ1n) is 18.0. The van der Waals surface area contributed by atoms with Gasteiger partial charge in [0.1, 0.15) is 5.92 Å². The van der Waals surface area contributed by atoms with E-state index in [2.05, 4.69) is 37.4 Å². The molecule has 0 aromatic heterocycles. The van der Waals surface area contributed by atoms with E-state index in [-0.39, 0.29) is 35.3 Å². The number of benzene rings is 4. The minimum atomic E-state index is -0.423. The summed E-state index contributed by atoms with van der Waals surface area (Å²) in [5.41, 5.74) is 8.53. The SMILES string of the molecule is C=CC1CC(C=C)C(COC(=O)C2c3ccccc3-c3ccccc32)C1.O=C(C(=O)C1CC2C=CC1C2)C1c2ccccc2-c2ccccc21. The van der Waals surface area contributed by atoms with Crippen molar-refractivity contribution in [3.8, 4) is 22.3 Å². The van der Waals surface area contributed by atoms with E-state index in [1.54, 1.807) is 0 Å². The van der Waals surface area contributed by atoms with Gasteiger partial charge in [0.05, 0.1) is 12.5 Å². The Labute approximate surface area is 294 Å². The third-order valence-corrected chi connectivity index (χ3v) is 11.9. The molecule has 4 aromatic carbocycles. The van der Waals surface area contributed by atoms with Gasteiger partial charge in [0.25, 0.3) is 0 Å². The predicted molar refractivity (Wildman–Crippen MR) is 197 cm³/mol. The van der Waals surface area contributed by atoms with Crippen LogP contribution in [-0.2, 0) is 19.1 Å². The van der Waals surface area contributed by atoms with Gasteiger partial charge in [0, 0.05) is 5.92 Å². The molecule has 0 heterocycles. The van der Waals surface area contributed by atoms with Gasteiger partial charge in [0.2, 0.25) is 11.6 Å². The lowest BCUT2D eigenvalue weighted by atomic mass is 9.82. The Morgan fingerprint density at radius 2 is 1.12 bits per heavy atom. The number of rotatable bonds is 8. The molecule has 0 saturated heterocycles. The first kappa shape index (κ1) is 32.1. The number of ether oxygens (including phenoxy) is 1. The molecule has 4 aromatic rings.